The summed E-state index contributed by atoms with van der Waals surface area (Å²) in [6, 6.07) is 0. The van der Waals surface area contributed by atoms with Gasteiger partial charge in [-0.1, -0.05) is 20.4 Å². The Bertz CT molecular complexity index is 299. The Hall–Kier alpha value is 0.756. The van der Waals surface area contributed by atoms with Crippen LogP contribution in [-0.4, -0.2) is 24.3 Å². The minimum Gasteiger partial charge on any atom is -0.746 e. The molecule has 0 saturated heterocycles. The van der Waals surface area contributed by atoms with Gasteiger partial charge in [0.2, 0.25) is 5.91 Å². The van der Waals surface area contributed by atoms with E-state index < -0.39 is 27.3 Å². The second-order valence-electron chi connectivity index (χ2n) is 2.87. The van der Waals surface area contributed by atoms with E-state index in [-0.39, 0.29) is 51.4 Å². The van der Waals surface area contributed by atoms with Gasteiger partial charge in [-0.25, -0.2) is 8.42 Å². The zero-order valence-electron chi connectivity index (χ0n) is 8.48. The molecule has 0 radical (unpaired) electrons. The second-order valence-corrected chi connectivity index (χ2v) is 4.36. The molecule has 0 aromatic rings. The number of hydrogen-bond acceptors (Lipinski definition) is 4. The first kappa shape index (κ1) is 17.2. The maximum atomic E-state index is 10.7. The van der Waals surface area contributed by atoms with E-state index in [1.165, 1.54) is 13.8 Å². The first-order valence-electron chi connectivity index (χ1n) is 3.66. The average Bonchev–Trinajstić information content (AvgIpc) is 1.96. The topological polar surface area (TPSA) is 86.3 Å². The van der Waals surface area contributed by atoms with Crippen molar-refractivity contribution in [3.8, 4) is 0 Å². The first-order chi connectivity index (χ1) is 5.79. The summed E-state index contributed by atoms with van der Waals surface area (Å²) in [6.45, 7) is 6.21. The van der Waals surface area contributed by atoms with E-state index in [0.717, 1.165) is 6.08 Å². The van der Waals surface area contributed by atoms with Gasteiger partial charge in [0.1, 0.15) is 15.5 Å². The SMILES string of the molecule is C=CC(=O)NC(C(C)C)S(=O)(=O)[O-].[K+]. The van der Waals surface area contributed by atoms with Crippen LogP contribution in [0.15, 0.2) is 12.7 Å². The third-order valence-corrected chi connectivity index (χ3v) is 2.67. The summed E-state index contributed by atoms with van der Waals surface area (Å²) in [5, 5.41) is 0.658. The molecule has 0 aromatic carbocycles. The Labute approximate surface area is 127 Å². The quantitative estimate of drug-likeness (QED) is 0.321. The normalized spacial score (nSPS) is 12.9. The van der Waals surface area contributed by atoms with Crippen LogP contribution in [0.4, 0.5) is 0 Å². The molecule has 5 nitrogen and oxygen atoms in total. The first-order valence-corrected chi connectivity index (χ1v) is 5.13. The number of amides is 1. The Kier molecular flexibility index (Phi) is 8.70. The van der Waals surface area contributed by atoms with Crippen molar-refractivity contribution < 1.29 is 69.1 Å². The molecule has 0 saturated carbocycles. The third kappa shape index (κ3) is 6.28. The van der Waals surface area contributed by atoms with E-state index in [9.17, 15) is 17.8 Å². The van der Waals surface area contributed by atoms with Gasteiger partial charge in [-0.2, -0.15) is 0 Å². The van der Waals surface area contributed by atoms with Crippen molar-refractivity contribution in [2.75, 3.05) is 0 Å². The Morgan fingerprint density at radius 2 is 1.93 bits per heavy atom. The summed E-state index contributed by atoms with van der Waals surface area (Å²) >= 11 is 0. The zero-order valence-corrected chi connectivity index (χ0v) is 12.4. The molecule has 0 aliphatic rings. The van der Waals surface area contributed by atoms with E-state index in [4.69, 9.17) is 0 Å². The molecule has 76 valence electrons. The molecule has 0 spiro atoms. The van der Waals surface area contributed by atoms with Crippen LogP contribution in [0, 0.1) is 5.92 Å². The van der Waals surface area contributed by atoms with Crippen LogP contribution >= 0.6 is 0 Å². The molecular formula is C7H12KNO4S. The summed E-state index contributed by atoms with van der Waals surface area (Å²) < 4.78 is 31.9. The Balaban J connectivity index is 0. The van der Waals surface area contributed by atoms with E-state index in [1.807, 2.05) is 5.32 Å². The van der Waals surface area contributed by atoms with Gasteiger partial charge in [-0.15, -0.1) is 0 Å². The van der Waals surface area contributed by atoms with Crippen molar-refractivity contribution in [2.45, 2.75) is 19.2 Å². The fraction of sp³-hybridized carbons (Fsp3) is 0.571. The Morgan fingerprint density at radius 1 is 1.50 bits per heavy atom. The van der Waals surface area contributed by atoms with Gasteiger partial charge in [0.05, 0.1) is 0 Å². The molecule has 0 fully saturated rings. The largest absolute Gasteiger partial charge is 1.00 e. The summed E-state index contributed by atoms with van der Waals surface area (Å²) in [4.78, 5) is 10.7. The van der Waals surface area contributed by atoms with Crippen LogP contribution in [0.1, 0.15) is 13.8 Å². The number of carbonyl (C=O) groups excluding carboxylic acids is 1. The molecule has 0 rings (SSSR count). The molecule has 0 aromatic heterocycles. The molecule has 0 heterocycles. The van der Waals surface area contributed by atoms with E-state index in [2.05, 4.69) is 6.58 Å². The van der Waals surface area contributed by atoms with Gasteiger partial charge in [0.15, 0.2) is 0 Å². The zero-order chi connectivity index (χ0) is 10.6. The van der Waals surface area contributed by atoms with Crippen LogP contribution < -0.4 is 56.7 Å². The van der Waals surface area contributed by atoms with Gasteiger partial charge in [0.25, 0.3) is 0 Å². The Morgan fingerprint density at radius 3 is 2.14 bits per heavy atom. The van der Waals surface area contributed by atoms with Crippen LogP contribution in [-0.2, 0) is 14.9 Å². The predicted octanol–water partition coefficient (Wildman–Crippen LogP) is -3.18. The molecular weight excluding hydrogens is 233 g/mol. The molecule has 14 heavy (non-hydrogen) atoms. The van der Waals surface area contributed by atoms with Crippen molar-refractivity contribution in [3.63, 3.8) is 0 Å². The number of hydrogen-bond donors (Lipinski definition) is 1. The molecule has 1 N–H and O–H groups in total. The summed E-state index contributed by atoms with van der Waals surface area (Å²) in [7, 11) is -4.50. The molecule has 1 unspecified atom stereocenters. The van der Waals surface area contributed by atoms with Crippen molar-refractivity contribution in [2.24, 2.45) is 5.92 Å². The van der Waals surface area contributed by atoms with Gasteiger partial charge in [-0.3, -0.25) is 4.79 Å². The van der Waals surface area contributed by atoms with Crippen molar-refractivity contribution in [1.82, 2.24) is 5.32 Å². The van der Waals surface area contributed by atoms with Crippen LogP contribution in [0.25, 0.3) is 0 Å². The fourth-order valence-electron chi connectivity index (χ4n) is 0.771. The van der Waals surface area contributed by atoms with Crippen molar-refractivity contribution in [1.29, 1.82) is 0 Å². The summed E-state index contributed by atoms with van der Waals surface area (Å²) in [5.74, 6) is -1.13. The minimum atomic E-state index is -4.50. The maximum absolute atomic E-state index is 10.7. The maximum Gasteiger partial charge on any atom is 1.00 e. The second kappa shape index (κ2) is 7.10. The average molecular weight is 245 g/mol. The standard InChI is InChI=1S/C7H13NO4S.K/c1-4-6(9)8-7(5(2)3)13(10,11)12;/h4-5,7H,1H2,2-3H3,(H,8,9)(H,10,11,12);/q;+1/p-1. The predicted molar refractivity (Wildman–Crippen MR) is 46.7 cm³/mol. The monoisotopic (exact) mass is 245 g/mol. The number of rotatable bonds is 4. The van der Waals surface area contributed by atoms with E-state index >= 15 is 0 Å². The molecule has 1 atom stereocenters. The minimum absolute atomic E-state index is 0. The van der Waals surface area contributed by atoms with E-state index in [1.54, 1.807) is 0 Å². The van der Waals surface area contributed by atoms with Crippen LogP contribution in [0.3, 0.4) is 0 Å². The van der Waals surface area contributed by atoms with Gasteiger partial charge >= 0.3 is 51.4 Å². The molecule has 7 heteroatoms. The fourth-order valence-corrected chi connectivity index (χ4v) is 1.70. The van der Waals surface area contributed by atoms with E-state index in [0.29, 0.717) is 0 Å². The van der Waals surface area contributed by atoms with Gasteiger partial charge in [0, 0.05) is 0 Å². The van der Waals surface area contributed by atoms with Crippen molar-refractivity contribution in [3.05, 3.63) is 12.7 Å². The van der Waals surface area contributed by atoms with Gasteiger partial charge < -0.3 is 9.87 Å². The summed E-state index contributed by atoms with van der Waals surface area (Å²) in [6.07, 6.45) is 0.917. The summed E-state index contributed by atoms with van der Waals surface area (Å²) in [5.41, 5.74) is 0. The smallest absolute Gasteiger partial charge is 0.746 e. The molecule has 0 bridgehead atoms. The molecule has 0 aliphatic heterocycles. The van der Waals surface area contributed by atoms with Gasteiger partial charge in [-0.05, 0) is 12.0 Å². The third-order valence-electron chi connectivity index (χ3n) is 1.39. The van der Waals surface area contributed by atoms with Crippen LogP contribution in [0.2, 0.25) is 0 Å². The molecule has 1 amide bonds. The number of carbonyl (C=O) groups is 1. The van der Waals surface area contributed by atoms with Crippen LogP contribution in [0.5, 0.6) is 0 Å². The number of nitrogens with one attached hydrogen (secondary N) is 1. The molecule has 0 aliphatic carbocycles. The van der Waals surface area contributed by atoms with Crippen molar-refractivity contribution >= 4 is 16.0 Å².